The van der Waals surface area contributed by atoms with E-state index >= 15 is 0 Å². The summed E-state index contributed by atoms with van der Waals surface area (Å²) in [6.07, 6.45) is 5.63. The molecular formula is C17H31NO2. The largest absolute Gasteiger partial charge is 0.390 e. The topological polar surface area (TPSA) is 49.3 Å². The summed E-state index contributed by atoms with van der Waals surface area (Å²) in [5.41, 5.74) is -0.189. The van der Waals surface area contributed by atoms with Gasteiger partial charge >= 0.3 is 0 Å². The van der Waals surface area contributed by atoms with Crippen LogP contribution in [0.4, 0.5) is 0 Å². The van der Waals surface area contributed by atoms with Gasteiger partial charge in [-0.15, -0.1) is 0 Å². The molecule has 0 aromatic carbocycles. The smallest absolute Gasteiger partial charge is 0.216 e. The van der Waals surface area contributed by atoms with Gasteiger partial charge in [0.1, 0.15) is 0 Å². The zero-order chi connectivity index (χ0) is 15.2. The number of hydrogen-bond acceptors (Lipinski definition) is 2. The molecule has 116 valence electrons. The molecule has 1 amide bonds. The second-order valence-electron chi connectivity index (χ2n) is 8.29. The number of aliphatic hydroxyl groups is 1. The van der Waals surface area contributed by atoms with E-state index in [0.717, 1.165) is 12.8 Å². The van der Waals surface area contributed by atoms with Crippen molar-refractivity contribution in [3.8, 4) is 0 Å². The SMILES string of the molecule is CC(=O)NC[C@@H]1[C@@]2(C)CCCC(C)(C)[C@@H]2CC[C@@]1(C)O. The van der Waals surface area contributed by atoms with Gasteiger partial charge in [0.25, 0.3) is 0 Å². The first-order valence-electron chi connectivity index (χ1n) is 8.06. The first kappa shape index (κ1) is 15.8. The van der Waals surface area contributed by atoms with Crippen molar-refractivity contribution in [2.24, 2.45) is 22.7 Å². The standard InChI is InChI=1S/C17H31NO2/c1-12(19)18-11-14-16(4)9-6-8-15(2,3)13(16)7-10-17(14,5)20/h13-14,20H,6-11H2,1-5H3,(H,18,19)/t13-,14+,16-,17+/m0/s1. The number of nitrogens with one attached hydrogen (secondary N) is 1. The van der Waals surface area contributed by atoms with E-state index in [2.05, 4.69) is 26.1 Å². The third-order valence-corrected chi connectivity index (χ3v) is 6.32. The molecule has 0 aliphatic heterocycles. The maximum absolute atomic E-state index is 11.3. The van der Waals surface area contributed by atoms with E-state index in [1.54, 1.807) is 6.92 Å². The lowest BCUT2D eigenvalue weighted by Crippen LogP contribution is -2.60. The van der Waals surface area contributed by atoms with Crippen LogP contribution in [0.2, 0.25) is 0 Å². The molecule has 0 unspecified atom stereocenters. The van der Waals surface area contributed by atoms with Gasteiger partial charge < -0.3 is 10.4 Å². The van der Waals surface area contributed by atoms with Crippen LogP contribution in [-0.4, -0.2) is 23.2 Å². The van der Waals surface area contributed by atoms with Crippen LogP contribution in [0.25, 0.3) is 0 Å². The summed E-state index contributed by atoms with van der Waals surface area (Å²) in [6.45, 7) is 11.2. The molecule has 0 spiro atoms. The number of carbonyl (C=O) groups excluding carboxylic acids is 1. The molecule has 4 atom stereocenters. The molecule has 0 radical (unpaired) electrons. The molecule has 0 heterocycles. The molecule has 0 saturated heterocycles. The van der Waals surface area contributed by atoms with Gasteiger partial charge in [0, 0.05) is 19.4 Å². The van der Waals surface area contributed by atoms with Crippen LogP contribution in [0.3, 0.4) is 0 Å². The minimum absolute atomic E-state index is 0.00148. The summed E-state index contributed by atoms with van der Waals surface area (Å²) in [5, 5.41) is 13.8. The number of carbonyl (C=O) groups is 1. The van der Waals surface area contributed by atoms with Gasteiger partial charge in [0.05, 0.1) is 5.60 Å². The summed E-state index contributed by atoms with van der Waals surface area (Å²) < 4.78 is 0. The van der Waals surface area contributed by atoms with Gasteiger partial charge in [-0.2, -0.15) is 0 Å². The normalized spacial score (nSPS) is 43.7. The van der Waals surface area contributed by atoms with Gasteiger partial charge in [-0.1, -0.05) is 27.2 Å². The summed E-state index contributed by atoms with van der Waals surface area (Å²) in [6, 6.07) is 0. The molecule has 2 rings (SSSR count). The average Bonchev–Trinajstić information content (AvgIpc) is 2.25. The molecule has 2 fully saturated rings. The van der Waals surface area contributed by atoms with Crippen LogP contribution >= 0.6 is 0 Å². The Balaban J connectivity index is 2.30. The van der Waals surface area contributed by atoms with Crippen LogP contribution in [0.5, 0.6) is 0 Å². The zero-order valence-electron chi connectivity index (χ0n) is 13.8. The van der Waals surface area contributed by atoms with Crippen molar-refractivity contribution >= 4 is 5.91 Å². The molecule has 2 aliphatic rings. The molecule has 2 N–H and O–H groups in total. The van der Waals surface area contributed by atoms with E-state index in [9.17, 15) is 9.90 Å². The summed E-state index contributed by atoms with van der Waals surface area (Å²) in [5.74, 6) is 0.793. The summed E-state index contributed by atoms with van der Waals surface area (Å²) in [4.78, 5) is 11.3. The molecule has 3 heteroatoms. The first-order valence-corrected chi connectivity index (χ1v) is 8.06. The Hall–Kier alpha value is -0.570. The third kappa shape index (κ3) is 2.61. The van der Waals surface area contributed by atoms with E-state index in [1.165, 1.54) is 19.3 Å². The van der Waals surface area contributed by atoms with E-state index in [0.29, 0.717) is 17.9 Å². The Bertz CT molecular complexity index is 388. The van der Waals surface area contributed by atoms with Crippen molar-refractivity contribution in [1.82, 2.24) is 5.32 Å². The molecule has 0 bridgehead atoms. The lowest BCUT2D eigenvalue weighted by atomic mass is 9.45. The van der Waals surface area contributed by atoms with Crippen LogP contribution in [0.1, 0.15) is 66.7 Å². The Morgan fingerprint density at radius 3 is 2.45 bits per heavy atom. The predicted molar refractivity (Wildman–Crippen MR) is 81.3 cm³/mol. The molecule has 3 nitrogen and oxygen atoms in total. The highest BCUT2D eigenvalue weighted by Crippen LogP contribution is 2.61. The van der Waals surface area contributed by atoms with Gasteiger partial charge in [-0.25, -0.2) is 0 Å². The molecule has 0 aromatic heterocycles. The maximum Gasteiger partial charge on any atom is 0.216 e. The van der Waals surface area contributed by atoms with Crippen molar-refractivity contribution in [2.75, 3.05) is 6.54 Å². The second-order valence-corrected chi connectivity index (χ2v) is 8.29. The zero-order valence-corrected chi connectivity index (χ0v) is 13.8. The van der Waals surface area contributed by atoms with E-state index < -0.39 is 5.60 Å². The molecule has 0 aromatic rings. The highest BCUT2D eigenvalue weighted by Gasteiger charge is 2.57. The van der Waals surface area contributed by atoms with Crippen LogP contribution in [-0.2, 0) is 4.79 Å². The number of rotatable bonds is 2. The molecule has 20 heavy (non-hydrogen) atoms. The van der Waals surface area contributed by atoms with Crippen molar-refractivity contribution in [3.05, 3.63) is 0 Å². The minimum atomic E-state index is -0.666. The molecule has 2 aliphatic carbocycles. The van der Waals surface area contributed by atoms with Gasteiger partial charge in [0.2, 0.25) is 5.91 Å². The van der Waals surface area contributed by atoms with E-state index in [-0.39, 0.29) is 17.2 Å². The monoisotopic (exact) mass is 281 g/mol. The van der Waals surface area contributed by atoms with Crippen LogP contribution < -0.4 is 5.32 Å². The quantitative estimate of drug-likeness (QED) is 0.817. The predicted octanol–water partition coefficient (Wildman–Crippen LogP) is 3.12. The fourth-order valence-electron chi connectivity index (χ4n) is 5.32. The highest BCUT2D eigenvalue weighted by molar-refractivity contribution is 5.72. The Labute approximate surface area is 123 Å². The molecular weight excluding hydrogens is 250 g/mol. The summed E-state index contributed by atoms with van der Waals surface area (Å²) in [7, 11) is 0. The average molecular weight is 281 g/mol. The number of fused-ring (bicyclic) bond motifs is 1. The fourth-order valence-corrected chi connectivity index (χ4v) is 5.32. The Kier molecular flexibility index (Phi) is 3.96. The van der Waals surface area contributed by atoms with Crippen molar-refractivity contribution in [1.29, 1.82) is 0 Å². The van der Waals surface area contributed by atoms with E-state index in [1.807, 2.05) is 6.92 Å². The Morgan fingerprint density at radius 1 is 1.20 bits per heavy atom. The lowest BCUT2D eigenvalue weighted by molar-refractivity contribution is -0.165. The first-order chi connectivity index (χ1) is 9.09. The highest BCUT2D eigenvalue weighted by atomic mass is 16.3. The fraction of sp³-hybridized carbons (Fsp3) is 0.941. The third-order valence-electron chi connectivity index (χ3n) is 6.32. The number of hydrogen-bond donors (Lipinski definition) is 2. The van der Waals surface area contributed by atoms with Crippen molar-refractivity contribution in [2.45, 2.75) is 72.3 Å². The van der Waals surface area contributed by atoms with Gasteiger partial charge in [0.15, 0.2) is 0 Å². The van der Waals surface area contributed by atoms with Gasteiger partial charge in [-0.3, -0.25) is 4.79 Å². The summed E-state index contributed by atoms with van der Waals surface area (Å²) >= 11 is 0. The van der Waals surface area contributed by atoms with Crippen molar-refractivity contribution < 1.29 is 9.90 Å². The van der Waals surface area contributed by atoms with Crippen LogP contribution in [0, 0.1) is 22.7 Å². The minimum Gasteiger partial charge on any atom is -0.390 e. The number of amides is 1. The van der Waals surface area contributed by atoms with Crippen molar-refractivity contribution in [3.63, 3.8) is 0 Å². The van der Waals surface area contributed by atoms with E-state index in [4.69, 9.17) is 0 Å². The lowest BCUT2D eigenvalue weighted by Gasteiger charge is -2.61. The van der Waals surface area contributed by atoms with Crippen LogP contribution in [0.15, 0.2) is 0 Å². The molecule has 2 saturated carbocycles. The maximum atomic E-state index is 11.3. The second kappa shape index (κ2) is 5.01. The Morgan fingerprint density at radius 2 is 1.85 bits per heavy atom. The van der Waals surface area contributed by atoms with Gasteiger partial charge in [-0.05, 0) is 49.4 Å².